The first-order valence-corrected chi connectivity index (χ1v) is 8.37. The lowest BCUT2D eigenvalue weighted by Crippen LogP contribution is -1.96. The molecule has 24 heavy (non-hydrogen) atoms. The number of alkyl halides is 4. The van der Waals surface area contributed by atoms with Crippen molar-refractivity contribution < 1.29 is 13.5 Å². The molecule has 0 amide bonds. The smallest absolute Gasteiger partial charge is 0.265 e. The second-order valence-corrected chi connectivity index (χ2v) is 7.45. The lowest BCUT2D eigenvalue weighted by molar-refractivity contribution is 0.194. The quantitative estimate of drug-likeness (QED) is 0.397. The molecule has 0 heterocycles. The zero-order valence-electron chi connectivity index (χ0n) is 13.2. The minimum Gasteiger partial charge on any atom is -0.497 e. The highest BCUT2D eigenvalue weighted by Gasteiger charge is 2.64. The molecule has 130 valence electrons. The van der Waals surface area contributed by atoms with Crippen molar-refractivity contribution >= 4 is 34.8 Å². The molecule has 1 aromatic rings. The maximum absolute atomic E-state index is 12.9. The first kappa shape index (κ1) is 19.3. The third-order valence-electron chi connectivity index (χ3n) is 4.10. The van der Waals surface area contributed by atoms with Gasteiger partial charge in [-0.3, -0.25) is 0 Å². The van der Waals surface area contributed by atoms with Crippen LogP contribution in [0.5, 0.6) is 5.75 Å². The van der Waals surface area contributed by atoms with Crippen LogP contribution in [0.4, 0.5) is 8.78 Å². The highest BCUT2D eigenvalue weighted by Crippen LogP contribution is 2.67. The molecule has 2 atom stereocenters. The third-order valence-corrected chi connectivity index (χ3v) is 5.37. The van der Waals surface area contributed by atoms with Gasteiger partial charge in [0.1, 0.15) is 10.1 Å². The molecule has 1 nitrogen and oxygen atoms in total. The van der Waals surface area contributed by atoms with Crippen LogP contribution in [0.25, 0.3) is 0 Å². The van der Waals surface area contributed by atoms with Crippen molar-refractivity contribution in [1.29, 1.82) is 0 Å². The molecule has 0 aromatic heterocycles. The van der Waals surface area contributed by atoms with E-state index in [2.05, 4.69) is 6.58 Å². The molecular weight excluding hydrogens is 377 g/mol. The fourth-order valence-corrected chi connectivity index (χ4v) is 4.09. The second-order valence-electron chi connectivity index (χ2n) is 5.60. The molecule has 2 unspecified atom stereocenters. The summed E-state index contributed by atoms with van der Waals surface area (Å²) in [7, 11) is 1.59. The molecular formula is C18H17Cl3F2O. The zero-order chi connectivity index (χ0) is 18.1. The van der Waals surface area contributed by atoms with Gasteiger partial charge in [-0.1, -0.05) is 42.0 Å². The predicted molar refractivity (Wildman–Crippen MR) is 96.5 cm³/mol. The summed E-state index contributed by atoms with van der Waals surface area (Å²) in [5, 5.41) is -0.0537. The van der Waals surface area contributed by atoms with Gasteiger partial charge in [0, 0.05) is 22.4 Å². The Bertz CT molecular complexity index is 678. The van der Waals surface area contributed by atoms with Gasteiger partial charge in [0.2, 0.25) is 0 Å². The lowest BCUT2D eigenvalue weighted by atomic mass is 10.0. The first-order chi connectivity index (χ1) is 11.2. The van der Waals surface area contributed by atoms with E-state index >= 15 is 0 Å². The summed E-state index contributed by atoms with van der Waals surface area (Å²) < 4.78 is 29.9. The van der Waals surface area contributed by atoms with E-state index in [1.54, 1.807) is 14.0 Å². The van der Waals surface area contributed by atoms with Gasteiger partial charge >= 0.3 is 0 Å². The highest BCUT2D eigenvalue weighted by atomic mass is 35.5. The average molecular weight is 394 g/mol. The highest BCUT2D eigenvalue weighted by molar-refractivity contribution is 6.52. The maximum atomic E-state index is 12.9. The number of hydrogen-bond donors (Lipinski definition) is 0. The summed E-state index contributed by atoms with van der Waals surface area (Å²) in [5.74, 6) is 0.398. The van der Waals surface area contributed by atoms with Crippen LogP contribution < -0.4 is 4.74 Å². The zero-order valence-corrected chi connectivity index (χ0v) is 15.5. The van der Waals surface area contributed by atoms with E-state index < -0.39 is 10.8 Å². The van der Waals surface area contributed by atoms with Crippen LogP contribution in [0.15, 0.2) is 59.2 Å². The van der Waals surface area contributed by atoms with Gasteiger partial charge in [0.15, 0.2) is 0 Å². The molecule has 0 spiro atoms. The number of hydrogen-bond acceptors (Lipinski definition) is 1. The Morgan fingerprint density at radius 3 is 2.33 bits per heavy atom. The van der Waals surface area contributed by atoms with E-state index in [9.17, 15) is 8.78 Å². The Balaban J connectivity index is 2.28. The number of rotatable bonds is 6. The number of ether oxygens (including phenoxy) is 1. The van der Waals surface area contributed by atoms with E-state index in [1.807, 2.05) is 24.3 Å². The molecule has 1 aliphatic carbocycles. The Labute approximate surface area is 155 Å². The summed E-state index contributed by atoms with van der Waals surface area (Å²) in [6.45, 7) is 5.14. The Morgan fingerprint density at radius 1 is 1.29 bits per heavy atom. The molecule has 1 saturated carbocycles. The number of methoxy groups -OCH3 is 1. The van der Waals surface area contributed by atoms with Gasteiger partial charge in [-0.15, -0.1) is 23.2 Å². The lowest BCUT2D eigenvalue weighted by Gasteiger charge is -2.05. The Kier molecular flexibility index (Phi) is 6.00. The van der Waals surface area contributed by atoms with E-state index in [-0.39, 0.29) is 22.4 Å². The van der Waals surface area contributed by atoms with Crippen molar-refractivity contribution in [2.75, 3.05) is 7.11 Å². The van der Waals surface area contributed by atoms with Crippen LogP contribution >= 0.6 is 34.8 Å². The Hall–Kier alpha value is -1.03. The van der Waals surface area contributed by atoms with E-state index in [4.69, 9.17) is 39.5 Å². The van der Waals surface area contributed by atoms with Gasteiger partial charge in [-0.25, -0.2) is 8.78 Å². The SMILES string of the molecule is C=C/C(=C(Cl)\C=C(/C)C1C(c2ccc(OC)cc2)C1(Cl)Cl)C(F)F. The maximum Gasteiger partial charge on any atom is 0.265 e. The number of allylic oxidation sites excluding steroid dienone is 5. The fourth-order valence-electron chi connectivity index (χ4n) is 2.78. The molecule has 0 bridgehead atoms. The molecule has 1 aromatic carbocycles. The molecule has 6 heteroatoms. The van der Waals surface area contributed by atoms with Crippen molar-refractivity contribution in [2.24, 2.45) is 5.92 Å². The average Bonchev–Trinajstić information content (AvgIpc) is 3.10. The summed E-state index contributed by atoms with van der Waals surface area (Å²) in [6.07, 6.45) is -0.148. The largest absolute Gasteiger partial charge is 0.497 e. The second kappa shape index (κ2) is 7.47. The molecule has 1 aliphatic rings. The van der Waals surface area contributed by atoms with Crippen LogP contribution in [0.2, 0.25) is 0 Å². The molecule has 0 radical (unpaired) electrons. The summed E-state index contributed by atoms with van der Waals surface area (Å²) >= 11 is 18.8. The first-order valence-electron chi connectivity index (χ1n) is 7.24. The molecule has 0 saturated heterocycles. The third kappa shape index (κ3) is 3.79. The Morgan fingerprint density at radius 2 is 1.88 bits per heavy atom. The standard InChI is InChI=1S/C18H17Cl3F2O/c1-4-13(17(22)23)14(19)9-10(2)15-16(18(15,20)21)11-5-7-12(24-3)8-6-11/h4-9,15-17H,1H2,2-3H3/b10-9+,14-13-. The fraction of sp³-hybridized carbons (Fsp3) is 0.333. The molecule has 0 N–H and O–H groups in total. The summed E-state index contributed by atoms with van der Waals surface area (Å²) in [4.78, 5) is 0. The number of halogens is 5. The van der Waals surface area contributed by atoms with Gasteiger partial charge < -0.3 is 4.74 Å². The molecule has 2 rings (SSSR count). The van der Waals surface area contributed by atoms with Gasteiger partial charge in [-0.2, -0.15) is 0 Å². The van der Waals surface area contributed by atoms with Crippen molar-refractivity contribution in [3.8, 4) is 5.75 Å². The van der Waals surface area contributed by atoms with Crippen molar-refractivity contribution in [1.82, 2.24) is 0 Å². The number of benzene rings is 1. The van der Waals surface area contributed by atoms with Crippen LogP contribution in [0, 0.1) is 5.92 Å². The van der Waals surface area contributed by atoms with Crippen molar-refractivity contribution in [3.05, 3.63) is 64.7 Å². The van der Waals surface area contributed by atoms with Gasteiger partial charge in [0.25, 0.3) is 6.43 Å². The van der Waals surface area contributed by atoms with Crippen LogP contribution in [0.3, 0.4) is 0 Å². The van der Waals surface area contributed by atoms with Gasteiger partial charge in [0.05, 0.1) is 7.11 Å². The molecule has 0 aliphatic heterocycles. The molecule has 1 fully saturated rings. The van der Waals surface area contributed by atoms with Gasteiger partial charge in [-0.05, 0) is 30.7 Å². The van der Waals surface area contributed by atoms with E-state index in [0.717, 1.165) is 23.0 Å². The summed E-state index contributed by atoms with van der Waals surface area (Å²) in [5.41, 5.74) is 1.38. The summed E-state index contributed by atoms with van der Waals surface area (Å²) in [6, 6.07) is 7.43. The monoisotopic (exact) mass is 392 g/mol. The van der Waals surface area contributed by atoms with Crippen LogP contribution in [-0.4, -0.2) is 17.9 Å². The van der Waals surface area contributed by atoms with E-state index in [1.165, 1.54) is 6.08 Å². The topological polar surface area (TPSA) is 9.23 Å². The predicted octanol–water partition coefficient (Wildman–Crippen LogP) is 6.47. The van der Waals surface area contributed by atoms with Crippen molar-refractivity contribution in [2.45, 2.75) is 23.6 Å². The minimum absolute atomic E-state index is 0.0537. The van der Waals surface area contributed by atoms with E-state index in [0.29, 0.717) is 0 Å². The normalized spacial score (nSPS) is 23.8. The van der Waals surface area contributed by atoms with Crippen molar-refractivity contribution in [3.63, 3.8) is 0 Å². The van der Waals surface area contributed by atoms with Crippen LogP contribution in [0.1, 0.15) is 18.4 Å². The minimum atomic E-state index is -2.69. The van der Waals surface area contributed by atoms with Crippen LogP contribution in [-0.2, 0) is 0 Å².